The first-order valence-electron chi connectivity index (χ1n) is 13.4. The number of piperidine rings is 1. The van der Waals surface area contributed by atoms with E-state index in [9.17, 15) is 9.90 Å². The second-order valence-corrected chi connectivity index (χ2v) is 11.5. The molecule has 1 heterocycles. The molecule has 2 amide bonds. The lowest BCUT2D eigenvalue weighted by Gasteiger charge is -2.46. The molecule has 2 aromatic rings. The molecule has 8 nitrogen and oxygen atoms in total. The van der Waals surface area contributed by atoms with Gasteiger partial charge in [-0.25, -0.2) is 4.79 Å². The maximum absolute atomic E-state index is 13.1. The summed E-state index contributed by atoms with van der Waals surface area (Å²) in [6.07, 6.45) is 3.05. The summed E-state index contributed by atoms with van der Waals surface area (Å²) in [6, 6.07) is 8.87. The Morgan fingerprint density at radius 3 is 2.15 bits per heavy atom. The minimum Gasteiger partial charge on any atom is -1.00 e. The number of rotatable bonds is 12. The highest BCUT2D eigenvalue weighted by molar-refractivity contribution is 6.42. The Kier molecular flexibility index (Phi) is 13.5. The Bertz CT molecular complexity index is 1090. The average molecular weight is 619 g/mol. The highest BCUT2D eigenvalue weighted by Gasteiger charge is 2.37. The van der Waals surface area contributed by atoms with Crippen molar-refractivity contribution in [2.24, 2.45) is 11.8 Å². The Morgan fingerprint density at radius 2 is 1.65 bits per heavy atom. The number of aliphatic hydroxyl groups excluding tert-OH is 1. The Balaban J connectivity index is 0.00000560. The van der Waals surface area contributed by atoms with Crippen LogP contribution in [0.3, 0.4) is 0 Å². The number of methoxy groups -OCH3 is 3. The fraction of sp³-hybridized carbons (Fsp3) is 0.552. The summed E-state index contributed by atoms with van der Waals surface area (Å²) in [5, 5.41) is 17.2. The number of hydrogen-bond acceptors (Lipinski definition) is 5. The van der Waals surface area contributed by atoms with Crippen LogP contribution in [0, 0.1) is 11.8 Å². The topological polar surface area (TPSA) is 89.1 Å². The highest BCUT2D eigenvalue weighted by Crippen LogP contribution is 2.40. The molecular formula is C29H42Cl3N3O5. The number of urea groups is 1. The summed E-state index contributed by atoms with van der Waals surface area (Å²) in [4.78, 5) is 13.1. The summed E-state index contributed by atoms with van der Waals surface area (Å²) in [5.41, 5.74) is 1.73. The van der Waals surface area contributed by atoms with E-state index in [1.54, 1.807) is 12.1 Å². The fourth-order valence-electron chi connectivity index (χ4n) is 5.41. The van der Waals surface area contributed by atoms with Crippen LogP contribution in [0.5, 0.6) is 17.2 Å². The number of anilines is 1. The second kappa shape index (κ2) is 15.8. The Hall–Kier alpha value is -2.10. The molecule has 11 heteroatoms. The van der Waals surface area contributed by atoms with Crippen LogP contribution < -0.4 is 37.3 Å². The molecule has 0 radical (unpaired) electrons. The van der Waals surface area contributed by atoms with Crippen LogP contribution in [0.25, 0.3) is 0 Å². The van der Waals surface area contributed by atoms with Gasteiger partial charge in [-0.05, 0) is 48.8 Å². The van der Waals surface area contributed by atoms with Crippen LogP contribution in [0.2, 0.25) is 10.0 Å². The van der Waals surface area contributed by atoms with Crippen molar-refractivity contribution >= 4 is 34.9 Å². The van der Waals surface area contributed by atoms with E-state index in [2.05, 4.69) is 24.5 Å². The van der Waals surface area contributed by atoms with E-state index >= 15 is 0 Å². The quantitative estimate of drug-likeness (QED) is 0.319. The lowest BCUT2D eigenvalue weighted by Crippen LogP contribution is -3.00. The van der Waals surface area contributed by atoms with Crippen molar-refractivity contribution < 1.29 is 41.0 Å². The summed E-state index contributed by atoms with van der Waals surface area (Å²) < 4.78 is 17.0. The number of amides is 2. The third-order valence-electron chi connectivity index (χ3n) is 7.73. The molecular weight excluding hydrogens is 577 g/mol. The monoisotopic (exact) mass is 617 g/mol. The zero-order valence-corrected chi connectivity index (χ0v) is 26.2. The number of benzene rings is 2. The van der Waals surface area contributed by atoms with E-state index < -0.39 is 0 Å². The van der Waals surface area contributed by atoms with Crippen LogP contribution in [-0.2, 0) is 6.42 Å². The van der Waals surface area contributed by atoms with Crippen molar-refractivity contribution in [2.75, 3.05) is 59.4 Å². The van der Waals surface area contributed by atoms with Crippen molar-refractivity contribution in [3.63, 3.8) is 0 Å². The molecule has 2 aromatic carbocycles. The van der Waals surface area contributed by atoms with E-state index in [0.29, 0.717) is 45.4 Å². The first-order valence-corrected chi connectivity index (χ1v) is 14.2. The number of quaternary nitrogens is 1. The number of nitrogens with zero attached hydrogens (tertiary/aromatic N) is 1. The van der Waals surface area contributed by atoms with Crippen molar-refractivity contribution in [1.82, 2.24) is 5.32 Å². The van der Waals surface area contributed by atoms with Gasteiger partial charge in [-0.2, -0.15) is 0 Å². The maximum atomic E-state index is 13.1. The van der Waals surface area contributed by atoms with Crippen molar-refractivity contribution in [3.8, 4) is 17.2 Å². The van der Waals surface area contributed by atoms with Gasteiger partial charge in [0, 0.05) is 12.1 Å². The minimum absolute atomic E-state index is 0. The van der Waals surface area contributed by atoms with E-state index in [1.807, 2.05) is 18.2 Å². The van der Waals surface area contributed by atoms with Gasteiger partial charge in [0.1, 0.15) is 6.54 Å². The summed E-state index contributed by atoms with van der Waals surface area (Å²) in [6.45, 7) is 7.64. The summed E-state index contributed by atoms with van der Waals surface area (Å²) in [7, 11) is 4.61. The molecule has 1 atom stereocenters. The van der Waals surface area contributed by atoms with Gasteiger partial charge in [0.2, 0.25) is 5.75 Å². The number of ether oxygens (including phenoxy) is 3. The number of nitrogens with one attached hydrogen (secondary N) is 2. The van der Waals surface area contributed by atoms with E-state index in [-0.39, 0.29) is 37.0 Å². The van der Waals surface area contributed by atoms with Crippen molar-refractivity contribution in [1.29, 1.82) is 0 Å². The van der Waals surface area contributed by atoms with Gasteiger partial charge in [0.05, 0.1) is 69.3 Å². The largest absolute Gasteiger partial charge is 1.00 e. The van der Waals surface area contributed by atoms with Gasteiger partial charge in [0.15, 0.2) is 11.5 Å². The molecule has 1 unspecified atom stereocenters. The summed E-state index contributed by atoms with van der Waals surface area (Å²) in [5.74, 6) is 2.14. The van der Waals surface area contributed by atoms with E-state index in [0.717, 1.165) is 43.4 Å². The molecule has 1 aliphatic rings. The van der Waals surface area contributed by atoms with Crippen LogP contribution in [0.1, 0.15) is 32.3 Å². The van der Waals surface area contributed by atoms with Gasteiger partial charge in [-0.3, -0.25) is 0 Å². The third-order valence-corrected chi connectivity index (χ3v) is 8.47. The molecule has 3 rings (SSSR count). The smallest absolute Gasteiger partial charge is 0.319 e. The van der Waals surface area contributed by atoms with Crippen LogP contribution in [0.15, 0.2) is 30.3 Å². The number of aliphatic hydroxyl groups is 1. The van der Waals surface area contributed by atoms with Gasteiger partial charge in [-0.15, -0.1) is 0 Å². The SMILES string of the molecule is COc1cc(NC(=O)NC(C[N+]2(CCO)CCC(Cc3ccc(Cl)c(Cl)c3)CC2)C(C)C)cc(OC)c1OC.[Cl-]. The molecule has 1 fully saturated rings. The number of likely N-dealkylation sites (tertiary alicyclic amines) is 1. The normalized spacial score (nSPS) is 19.4. The van der Waals surface area contributed by atoms with Gasteiger partial charge in [-0.1, -0.05) is 43.1 Å². The standard InChI is InChI=1S/C29H41Cl2N3O5.ClH/c1-19(2)25(33-29(36)32-22-16-26(37-3)28(39-5)27(17-22)38-4)18-34(12-13-35)10-8-20(9-11-34)14-21-6-7-23(30)24(31)15-21;/h6-7,15-17,19-20,25,35H,8-14,18H2,1-5H3,(H-,32,33,36);1H. The average Bonchev–Trinajstić information content (AvgIpc) is 2.91. The zero-order chi connectivity index (χ0) is 28.6. The molecule has 40 heavy (non-hydrogen) atoms. The first-order chi connectivity index (χ1) is 18.6. The number of carbonyl (C=O) groups is 1. The second-order valence-electron chi connectivity index (χ2n) is 10.7. The minimum atomic E-state index is -0.306. The molecule has 3 N–H and O–H groups in total. The lowest BCUT2D eigenvalue weighted by molar-refractivity contribution is -0.935. The predicted octanol–water partition coefficient (Wildman–Crippen LogP) is 2.63. The first kappa shape index (κ1) is 34.1. The zero-order valence-electron chi connectivity index (χ0n) is 23.9. The Labute approximate surface area is 254 Å². The maximum Gasteiger partial charge on any atom is 0.319 e. The van der Waals surface area contributed by atoms with Crippen LogP contribution in [0.4, 0.5) is 10.5 Å². The number of carbonyl (C=O) groups excluding carboxylic acids is 1. The third kappa shape index (κ3) is 8.95. The van der Waals surface area contributed by atoms with Gasteiger partial charge >= 0.3 is 6.03 Å². The van der Waals surface area contributed by atoms with Crippen LogP contribution in [-0.4, -0.2) is 75.8 Å². The molecule has 1 saturated heterocycles. The predicted molar refractivity (Wildman–Crippen MR) is 157 cm³/mol. The molecule has 224 valence electrons. The molecule has 0 spiro atoms. The van der Waals surface area contributed by atoms with E-state index in [1.165, 1.54) is 26.9 Å². The van der Waals surface area contributed by atoms with Gasteiger partial charge in [0.25, 0.3) is 0 Å². The fourth-order valence-corrected chi connectivity index (χ4v) is 5.73. The summed E-state index contributed by atoms with van der Waals surface area (Å²) >= 11 is 12.3. The van der Waals surface area contributed by atoms with Gasteiger partial charge < -0.3 is 46.8 Å². The van der Waals surface area contributed by atoms with Crippen molar-refractivity contribution in [3.05, 3.63) is 45.9 Å². The van der Waals surface area contributed by atoms with Crippen LogP contribution >= 0.6 is 23.2 Å². The molecule has 0 aliphatic carbocycles. The molecule has 0 saturated carbocycles. The Morgan fingerprint density at radius 1 is 1.02 bits per heavy atom. The number of hydrogen-bond donors (Lipinski definition) is 3. The lowest BCUT2D eigenvalue weighted by atomic mass is 9.88. The number of halogens is 3. The van der Waals surface area contributed by atoms with E-state index in [4.69, 9.17) is 37.4 Å². The molecule has 0 bridgehead atoms. The molecule has 1 aliphatic heterocycles. The van der Waals surface area contributed by atoms with Crippen molar-refractivity contribution in [2.45, 2.75) is 39.2 Å². The highest BCUT2D eigenvalue weighted by atomic mass is 35.5. The molecule has 0 aromatic heterocycles.